The molecule has 0 bridgehead atoms. The molecule has 0 aliphatic rings. The van der Waals surface area contributed by atoms with E-state index in [0.717, 1.165) is 16.8 Å². The van der Waals surface area contributed by atoms with Crippen molar-refractivity contribution < 1.29 is 5.11 Å². The molecule has 9 heteroatoms. The summed E-state index contributed by atoms with van der Waals surface area (Å²) in [5.41, 5.74) is 14.2. The number of phenolic OH excluding ortho intramolecular Hbond substituents is 1. The van der Waals surface area contributed by atoms with Crippen LogP contribution in [0.5, 0.6) is 5.75 Å². The first kappa shape index (κ1) is 23.5. The number of thiocarbonyl (C=S) groups is 1. The Kier molecular flexibility index (Phi) is 9.15. The molecule has 0 heterocycles. The number of nitrogens with one attached hydrogen (secondary N) is 2. The number of halogens is 1. The Morgan fingerprint density at radius 2 is 1.58 bits per heavy atom. The number of rotatable bonds is 5. The Labute approximate surface area is 190 Å². The summed E-state index contributed by atoms with van der Waals surface area (Å²) in [5, 5.41) is 20.0. The molecule has 0 saturated heterocycles. The highest BCUT2D eigenvalue weighted by atomic mass is 35.5. The van der Waals surface area contributed by atoms with E-state index in [9.17, 15) is 0 Å². The summed E-state index contributed by atoms with van der Waals surface area (Å²) >= 11 is 10.3. The summed E-state index contributed by atoms with van der Waals surface area (Å²) in [7, 11) is 0. The van der Waals surface area contributed by atoms with Gasteiger partial charge in [0.15, 0.2) is 5.11 Å². The van der Waals surface area contributed by atoms with Crippen LogP contribution in [0.15, 0.2) is 82.8 Å². The standard InChI is InChI=1S/C15H14N4O.C7H7ClN2S/c16-9-11-1-3-12(4-2-11)15(17)19-10-18-13-5-7-14(20)8-6-13;8-5-1-3-6(4-2-5)10-7(9)11/h1-10,16,20H,(H2,17,18,19);1-4H,(H3,9,10,11). The van der Waals surface area contributed by atoms with Gasteiger partial charge in [-0.25, -0.2) is 9.98 Å². The van der Waals surface area contributed by atoms with Gasteiger partial charge in [0.05, 0.1) is 5.69 Å². The normalized spacial score (nSPS) is 10.8. The number of hydrogen-bond donors (Lipinski definition) is 5. The minimum Gasteiger partial charge on any atom is -0.508 e. The Hall–Kier alpha value is -3.75. The molecule has 0 aliphatic heterocycles. The molecular weight excluding hydrogens is 432 g/mol. The largest absolute Gasteiger partial charge is 0.508 e. The van der Waals surface area contributed by atoms with Gasteiger partial charge in [0.25, 0.3) is 0 Å². The Morgan fingerprint density at radius 1 is 0.968 bits per heavy atom. The summed E-state index contributed by atoms with van der Waals surface area (Å²) in [6.07, 6.45) is 2.63. The number of aliphatic imine (C=N–C) groups is 2. The molecule has 0 unspecified atom stereocenters. The second-order valence-electron chi connectivity index (χ2n) is 6.04. The fourth-order valence-corrected chi connectivity index (χ4v) is 2.44. The van der Waals surface area contributed by atoms with Crippen molar-refractivity contribution in [1.29, 1.82) is 5.41 Å². The third-order valence-corrected chi connectivity index (χ3v) is 4.09. The molecule has 0 aliphatic carbocycles. The predicted octanol–water partition coefficient (Wildman–Crippen LogP) is 4.45. The number of nitrogens with zero attached hydrogens (tertiary/aromatic N) is 2. The van der Waals surface area contributed by atoms with Crippen molar-refractivity contribution in [3.8, 4) is 5.75 Å². The number of anilines is 1. The molecule has 3 rings (SSSR count). The topological polar surface area (TPSA) is 133 Å². The molecule has 3 aromatic rings. The minimum absolute atomic E-state index is 0.193. The lowest BCUT2D eigenvalue weighted by atomic mass is 10.1. The van der Waals surface area contributed by atoms with E-state index >= 15 is 0 Å². The zero-order valence-electron chi connectivity index (χ0n) is 16.4. The van der Waals surface area contributed by atoms with Crippen LogP contribution in [-0.4, -0.2) is 28.6 Å². The molecule has 7 N–H and O–H groups in total. The van der Waals surface area contributed by atoms with Crippen LogP contribution in [0.3, 0.4) is 0 Å². The van der Waals surface area contributed by atoms with Gasteiger partial charge < -0.3 is 27.3 Å². The number of phenols is 1. The highest BCUT2D eigenvalue weighted by Crippen LogP contribution is 2.16. The fourth-order valence-electron chi connectivity index (χ4n) is 2.20. The summed E-state index contributed by atoms with van der Waals surface area (Å²) in [6.45, 7) is 0. The van der Waals surface area contributed by atoms with Crippen molar-refractivity contribution in [2.75, 3.05) is 5.32 Å². The maximum atomic E-state index is 9.15. The lowest BCUT2D eigenvalue weighted by Gasteiger charge is -2.01. The lowest BCUT2D eigenvalue weighted by molar-refractivity contribution is 0.475. The minimum atomic E-state index is 0.193. The molecule has 3 aromatic carbocycles. The highest BCUT2D eigenvalue weighted by molar-refractivity contribution is 7.80. The zero-order chi connectivity index (χ0) is 22.6. The van der Waals surface area contributed by atoms with E-state index in [-0.39, 0.29) is 10.9 Å². The molecule has 0 aromatic heterocycles. The van der Waals surface area contributed by atoms with Crippen LogP contribution in [0.25, 0.3) is 0 Å². The van der Waals surface area contributed by atoms with Crippen LogP contribution in [0.1, 0.15) is 11.1 Å². The summed E-state index contributed by atoms with van der Waals surface area (Å²) in [5.74, 6) is 0.544. The van der Waals surface area contributed by atoms with E-state index in [0.29, 0.717) is 16.5 Å². The third kappa shape index (κ3) is 8.65. The second kappa shape index (κ2) is 12.1. The van der Waals surface area contributed by atoms with Crippen molar-refractivity contribution in [3.63, 3.8) is 0 Å². The van der Waals surface area contributed by atoms with Crippen molar-refractivity contribution >= 4 is 58.7 Å². The van der Waals surface area contributed by atoms with Gasteiger partial charge >= 0.3 is 0 Å². The van der Waals surface area contributed by atoms with E-state index in [1.54, 1.807) is 60.7 Å². The molecular formula is C22H21ClN6OS. The Bertz CT molecular complexity index is 1060. The molecule has 31 heavy (non-hydrogen) atoms. The Balaban J connectivity index is 0.000000262. The van der Waals surface area contributed by atoms with Crippen LogP contribution in [0, 0.1) is 5.41 Å². The van der Waals surface area contributed by atoms with E-state index in [4.69, 9.17) is 33.6 Å². The number of benzene rings is 3. The number of nitrogens with two attached hydrogens (primary N) is 2. The molecule has 7 nitrogen and oxygen atoms in total. The molecule has 158 valence electrons. The van der Waals surface area contributed by atoms with E-state index in [1.807, 2.05) is 12.1 Å². The quantitative estimate of drug-likeness (QED) is 0.221. The van der Waals surface area contributed by atoms with E-state index in [1.165, 1.54) is 12.6 Å². The van der Waals surface area contributed by atoms with E-state index < -0.39 is 0 Å². The Morgan fingerprint density at radius 3 is 2.13 bits per heavy atom. The first-order valence-electron chi connectivity index (χ1n) is 8.95. The van der Waals surface area contributed by atoms with Crippen LogP contribution in [0.4, 0.5) is 11.4 Å². The number of aromatic hydroxyl groups is 1. The van der Waals surface area contributed by atoms with Crippen molar-refractivity contribution in [3.05, 3.63) is 88.9 Å². The third-order valence-electron chi connectivity index (χ3n) is 3.74. The van der Waals surface area contributed by atoms with Gasteiger partial charge in [0.1, 0.15) is 17.9 Å². The van der Waals surface area contributed by atoms with Gasteiger partial charge in [-0.15, -0.1) is 0 Å². The fraction of sp³-hybridized carbons (Fsp3) is 0. The molecule has 0 saturated carbocycles. The summed E-state index contributed by atoms with van der Waals surface area (Å²) in [6, 6.07) is 20.8. The van der Waals surface area contributed by atoms with Crippen molar-refractivity contribution in [2.24, 2.45) is 21.5 Å². The van der Waals surface area contributed by atoms with Crippen LogP contribution in [0.2, 0.25) is 5.02 Å². The SMILES string of the molecule is N=Cc1ccc(C(N)=NC=Nc2ccc(O)cc2)cc1.NC(=S)Nc1ccc(Cl)cc1. The smallest absolute Gasteiger partial charge is 0.168 e. The van der Waals surface area contributed by atoms with Crippen LogP contribution in [-0.2, 0) is 0 Å². The van der Waals surface area contributed by atoms with Gasteiger partial charge in [-0.2, -0.15) is 0 Å². The highest BCUT2D eigenvalue weighted by Gasteiger charge is 1.97. The number of amidine groups is 1. The average Bonchev–Trinajstić information content (AvgIpc) is 2.77. The maximum Gasteiger partial charge on any atom is 0.168 e. The van der Waals surface area contributed by atoms with E-state index in [2.05, 4.69) is 27.5 Å². The summed E-state index contributed by atoms with van der Waals surface area (Å²) in [4.78, 5) is 8.16. The average molecular weight is 453 g/mol. The summed E-state index contributed by atoms with van der Waals surface area (Å²) < 4.78 is 0. The first-order valence-corrected chi connectivity index (χ1v) is 9.74. The zero-order valence-corrected chi connectivity index (χ0v) is 17.9. The van der Waals surface area contributed by atoms with Gasteiger partial charge in [0, 0.05) is 22.5 Å². The van der Waals surface area contributed by atoms with Crippen molar-refractivity contribution in [1.82, 2.24) is 0 Å². The number of hydrogen-bond acceptors (Lipinski definition) is 4. The van der Waals surface area contributed by atoms with Crippen molar-refractivity contribution in [2.45, 2.75) is 0 Å². The predicted molar refractivity (Wildman–Crippen MR) is 133 cm³/mol. The molecule has 0 amide bonds. The second-order valence-corrected chi connectivity index (χ2v) is 6.91. The van der Waals surface area contributed by atoms with Gasteiger partial charge in [0.2, 0.25) is 0 Å². The van der Waals surface area contributed by atoms with Gasteiger partial charge in [-0.05, 0) is 66.3 Å². The molecule has 0 atom stereocenters. The van der Waals surface area contributed by atoms with Gasteiger partial charge in [-0.1, -0.05) is 35.9 Å². The van der Waals surface area contributed by atoms with Gasteiger partial charge in [-0.3, -0.25) is 0 Å². The van der Waals surface area contributed by atoms with Crippen LogP contribution >= 0.6 is 23.8 Å². The molecule has 0 fully saturated rings. The van der Waals surface area contributed by atoms with Crippen LogP contribution < -0.4 is 16.8 Å². The molecule has 0 radical (unpaired) electrons. The first-order chi connectivity index (χ1) is 14.9. The lowest BCUT2D eigenvalue weighted by Crippen LogP contribution is -2.18. The maximum absolute atomic E-state index is 9.15. The monoisotopic (exact) mass is 452 g/mol. The molecule has 0 spiro atoms.